The van der Waals surface area contributed by atoms with E-state index < -0.39 is 33.8 Å². The number of allylic oxidation sites excluding steroid dienone is 1. The van der Waals surface area contributed by atoms with Crippen molar-refractivity contribution in [3.63, 3.8) is 0 Å². The van der Waals surface area contributed by atoms with Crippen molar-refractivity contribution in [3.05, 3.63) is 52.2 Å². The first-order valence-corrected chi connectivity index (χ1v) is 17.2. The number of hydrogen-bond acceptors (Lipinski definition) is 6. The number of carbonyl (C=O) groups is 1. The number of hydrogen-bond donors (Lipinski definition) is 2. The fourth-order valence-corrected chi connectivity index (χ4v) is 7.11. The molecule has 2 N–H and O–H groups in total. The van der Waals surface area contributed by atoms with Crippen LogP contribution in [0, 0.1) is 11.3 Å². The van der Waals surface area contributed by atoms with Gasteiger partial charge in [-0.3, -0.25) is 9.48 Å². The van der Waals surface area contributed by atoms with E-state index in [1.54, 1.807) is 18.5 Å². The van der Waals surface area contributed by atoms with Crippen LogP contribution in [0.25, 0.3) is 11.3 Å². The summed E-state index contributed by atoms with van der Waals surface area (Å²) in [6.45, 7) is 12.5. The lowest BCUT2D eigenvalue weighted by molar-refractivity contribution is -0.138. The summed E-state index contributed by atoms with van der Waals surface area (Å²) >= 11 is 0. The fraction of sp³-hybridized carbons (Fsp3) is 0.625. The Morgan fingerprint density at radius 2 is 1.80 bits per heavy atom. The summed E-state index contributed by atoms with van der Waals surface area (Å²) in [5.74, 6) is 0.120. The van der Waals surface area contributed by atoms with Crippen LogP contribution in [0.15, 0.2) is 29.8 Å². The molecule has 1 aromatic carbocycles. The van der Waals surface area contributed by atoms with Crippen LogP contribution in [-0.2, 0) is 47.0 Å². The zero-order chi connectivity index (χ0) is 33.3. The van der Waals surface area contributed by atoms with Crippen LogP contribution in [0.5, 0.6) is 0 Å². The molecule has 1 unspecified atom stereocenters. The van der Waals surface area contributed by atoms with E-state index in [0.29, 0.717) is 41.3 Å². The quantitative estimate of drug-likeness (QED) is 0.384. The monoisotopic (exact) mass is 653 g/mol. The normalized spacial score (nSPS) is 18.0. The third-order valence-electron chi connectivity index (χ3n) is 8.79. The van der Waals surface area contributed by atoms with Crippen molar-refractivity contribution < 1.29 is 31.5 Å². The Kier molecular flexibility index (Phi) is 10.6. The van der Waals surface area contributed by atoms with Gasteiger partial charge in [-0.15, -0.1) is 0 Å². The van der Waals surface area contributed by atoms with Gasteiger partial charge in [-0.05, 0) is 68.8 Å². The molecule has 0 aliphatic carbocycles. The van der Waals surface area contributed by atoms with Crippen LogP contribution in [0.1, 0.15) is 69.8 Å². The Hall–Kier alpha value is -2.74. The van der Waals surface area contributed by atoms with E-state index in [9.17, 15) is 31.5 Å². The molecule has 1 saturated heterocycles. The van der Waals surface area contributed by atoms with Gasteiger partial charge in [0.2, 0.25) is 15.9 Å². The van der Waals surface area contributed by atoms with Crippen LogP contribution >= 0.6 is 0 Å². The molecule has 250 valence electrons. The van der Waals surface area contributed by atoms with Gasteiger partial charge in [-0.1, -0.05) is 32.4 Å². The molecular formula is C32H46F3N5O4S. The molecule has 1 amide bonds. The number of rotatable bonds is 9. The van der Waals surface area contributed by atoms with Crippen LogP contribution in [0.2, 0.25) is 0 Å². The lowest BCUT2D eigenvalue weighted by Gasteiger charge is -2.39. The first kappa shape index (κ1) is 35.1. The zero-order valence-electron chi connectivity index (χ0n) is 27.0. The van der Waals surface area contributed by atoms with Gasteiger partial charge < -0.3 is 15.3 Å². The summed E-state index contributed by atoms with van der Waals surface area (Å²) in [6.07, 6.45) is -0.479. The van der Waals surface area contributed by atoms with E-state index in [2.05, 4.69) is 31.0 Å². The number of likely N-dealkylation sites (tertiary alicyclic amines) is 1. The largest absolute Gasteiger partial charge is 0.416 e. The number of halogens is 3. The fourth-order valence-electron chi connectivity index (χ4n) is 6.33. The maximum Gasteiger partial charge on any atom is 0.416 e. The summed E-state index contributed by atoms with van der Waals surface area (Å²) < 4.78 is 69.7. The highest BCUT2D eigenvalue weighted by molar-refractivity contribution is 7.88. The minimum atomic E-state index is -4.65. The Labute approximate surface area is 264 Å². The number of nitrogens with one attached hydrogen (secondary N) is 1. The number of aliphatic hydroxyl groups excluding tert-OH is 1. The number of alkyl halides is 3. The van der Waals surface area contributed by atoms with Crippen molar-refractivity contribution >= 4 is 15.9 Å². The van der Waals surface area contributed by atoms with Gasteiger partial charge in [0.05, 0.1) is 30.2 Å². The van der Waals surface area contributed by atoms with Gasteiger partial charge in [0.25, 0.3) is 0 Å². The molecule has 0 spiro atoms. The summed E-state index contributed by atoms with van der Waals surface area (Å²) in [7, 11) is -3.54. The van der Waals surface area contributed by atoms with Gasteiger partial charge in [0, 0.05) is 55.5 Å². The molecule has 1 aromatic heterocycles. The Bertz CT molecular complexity index is 1520. The summed E-state index contributed by atoms with van der Waals surface area (Å²) in [5.41, 5.74) is 2.04. The number of benzene rings is 1. The first-order valence-electron chi connectivity index (χ1n) is 15.4. The number of fused-ring (bicyclic) bond motifs is 1. The van der Waals surface area contributed by atoms with Crippen LogP contribution in [0.4, 0.5) is 13.2 Å². The Morgan fingerprint density at radius 1 is 1.13 bits per heavy atom. The zero-order valence-corrected chi connectivity index (χ0v) is 27.9. The van der Waals surface area contributed by atoms with Crippen molar-refractivity contribution in [2.24, 2.45) is 11.3 Å². The van der Waals surface area contributed by atoms with E-state index in [-0.39, 0.29) is 37.2 Å². The number of piperidine rings is 1. The molecule has 1 fully saturated rings. The third kappa shape index (κ3) is 8.96. The molecule has 13 heteroatoms. The number of aliphatic hydroxyl groups is 1. The number of β-amino-alcohol motifs (C(OH)–C–C–N with tert-alkyl or cyclic N) is 1. The number of carbonyl (C=O) groups excluding carboxylic acids is 1. The van der Waals surface area contributed by atoms with Crippen molar-refractivity contribution in [3.8, 4) is 11.3 Å². The molecule has 4 rings (SSSR count). The predicted octanol–water partition coefficient (Wildman–Crippen LogP) is 4.59. The summed E-state index contributed by atoms with van der Waals surface area (Å²) in [6, 6.07) is 3.65. The second kappa shape index (κ2) is 13.5. The van der Waals surface area contributed by atoms with E-state index in [4.69, 9.17) is 5.10 Å². The van der Waals surface area contributed by atoms with Crippen LogP contribution in [0.3, 0.4) is 0 Å². The van der Waals surface area contributed by atoms with Crippen molar-refractivity contribution in [1.29, 1.82) is 0 Å². The highest BCUT2D eigenvalue weighted by Gasteiger charge is 2.35. The van der Waals surface area contributed by atoms with Gasteiger partial charge in [0.15, 0.2) is 0 Å². The number of nitrogens with zero attached hydrogens (tertiary/aromatic N) is 4. The molecule has 0 radical (unpaired) electrons. The number of amides is 1. The van der Waals surface area contributed by atoms with Gasteiger partial charge in [0.1, 0.15) is 0 Å². The van der Waals surface area contributed by atoms with Crippen LogP contribution in [-0.4, -0.2) is 77.0 Å². The molecule has 45 heavy (non-hydrogen) atoms. The first-order chi connectivity index (χ1) is 20.8. The van der Waals surface area contributed by atoms with E-state index in [0.717, 1.165) is 43.9 Å². The molecule has 2 aliphatic heterocycles. The Morgan fingerprint density at radius 3 is 2.38 bits per heavy atom. The smallest absolute Gasteiger partial charge is 0.390 e. The van der Waals surface area contributed by atoms with E-state index in [1.165, 1.54) is 22.5 Å². The molecule has 0 bridgehead atoms. The second-order valence-corrected chi connectivity index (χ2v) is 15.7. The van der Waals surface area contributed by atoms with Gasteiger partial charge in [-0.25, -0.2) is 8.42 Å². The number of aromatic nitrogens is 2. The maximum atomic E-state index is 13.9. The van der Waals surface area contributed by atoms with E-state index >= 15 is 0 Å². The third-order valence-corrected chi connectivity index (χ3v) is 10.0. The predicted molar refractivity (Wildman–Crippen MR) is 168 cm³/mol. The summed E-state index contributed by atoms with van der Waals surface area (Å²) in [4.78, 5) is 14.4. The maximum absolute atomic E-state index is 13.9. The Balaban J connectivity index is 1.64. The van der Waals surface area contributed by atoms with E-state index in [1.807, 2.05) is 0 Å². The molecule has 0 saturated carbocycles. The average Bonchev–Trinajstić information content (AvgIpc) is 3.27. The molecule has 1 atom stereocenters. The summed E-state index contributed by atoms with van der Waals surface area (Å²) in [5, 5.41) is 18.4. The molecule has 3 heterocycles. The minimum Gasteiger partial charge on any atom is -0.390 e. The highest BCUT2D eigenvalue weighted by Crippen LogP contribution is 2.37. The van der Waals surface area contributed by atoms with Crippen molar-refractivity contribution in [1.82, 2.24) is 24.3 Å². The molecule has 9 nitrogen and oxygen atoms in total. The number of sulfonamides is 1. The van der Waals surface area contributed by atoms with Gasteiger partial charge >= 0.3 is 6.18 Å². The minimum absolute atomic E-state index is 0.0214. The topological polar surface area (TPSA) is 108 Å². The molecule has 2 aromatic rings. The average molecular weight is 654 g/mol. The van der Waals surface area contributed by atoms with Crippen molar-refractivity contribution in [2.45, 2.75) is 85.8 Å². The second-order valence-electron chi connectivity index (χ2n) is 13.7. The SMILES string of the molecule is CC(C)=CC(=O)NCc1cc(-c2nn(CC(O)CN3CCC(C(C)(C)C)CC3)c3c2CN(S(C)(=O)=O)CC3)ccc1C(F)(F)F. The lowest BCUT2D eigenvalue weighted by Crippen LogP contribution is -2.42. The van der Waals surface area contributed by atoms with Gasteiger partial charge in [-0.2, -0.15) is 22.6 Å². The van der Waals surface area contributed by atoms with Crippen molar-refractivity contribution in [2.75, 3.05) is 32.4 Å². The molecular weight excluding hydrogens is 607 g/mol. The highest BCUT2D eigenvalue weighted by atomic mass is 32.2. The lowest BCUT2D eigenvalue weighted by atomic mass is 9.75. The molecule has 2 aliphatic rings. The standard InChI is InChI=1S/C32H46F3N5O4S/c1-21(2)15-29(42)36-17-23-16-22(7-8-27(23)32(33,34)35)30-26-20-39(45(6,43)44)14-11-28(26)40(37-30)19-25(41)18-38-12-9-24(10-13-38)31(3,4)5/h7-8,15-16,24-25,41H,9-14,17-20H2,1-6H3,(H,36,42). The van der Waals surface area contributed by atoms with Crippen LogP contribution < -0.4 is 5.32 Å².